The van der Waals surface area contributed by atoms with Gasteiger partial charge in [0.1, 0.15) is 6.61 Å². The van der Waals surface area contributed by atoms with Crippen LogP contribution in [0.25, 0.3) is 0 Å². The van der Waals surface area contributed by atoms with E-state index in [-0.39, 0.29) is 17.7 Å². The summed E-state index contributed by atoms with van der Waals surface area (Å²) < 4.78 is 11.9. The molecule has 0 aromatic heterocycles. The lowest BCUT2D eigenvalue weighted by atomic mass is 10.1. The molecule has 5 heteroatoms. The van der Waals surface area contributed by atoms with Crippen molar-refractivity contribution in [1.29, 1.82) is 0 Å². The van der Waals surface area contributed by atoms with Crippen LogP contribution in [0.5, 0.6) is 0 Å². The molecule has 0 aliphatic rings. The van der Waals surface area contributed by atoms with Crippen LogP contribution in [-0.2, 0) is 15.8 Å². The second kappa shape index (κ2) is 9.20. The minimum absolute atomic E-state index is 0.0911. The normalized spacial score (nSPS) is 13.1. The van der Waals surface area contributed by atoms with Crippen molar-refractivity contribution in [2.24, 2.45) is 0 Å². The van der Waals surface area contributed by atoms with Crippen LogP contribution in [0.4, 0.5) is 4.79 Å². The predicted octanol–water partition coefficient (Wildman–Crippen LogP) is 5.68. The zero-order chi connectivity index (χ0) is 19.9. The van der Waals surface area contributed by atoms with Crippen LogP contribution in [0.3, 0.4) is 0 Å². The third-order valence-electron chi connectivity index (χ3n) is 5.06. The Morgan fingerprint density at radius 1 is 1.00 bits per heavy atom. The van der Waals surface area contributed by atoms with E-state index >= 15 is 0 Å². The van der Waals surface area contributed by atoms with Gasteiger partial charge in [0.2, 0.25) is 0 Å². The van der Waals surface area contributed by atoms with Gasteiger partial charge in [-0.25, -0.2) is 4.79 Å². The van der Waals surface area contributed by atoms with Crippen molar-refractivity contribution in [3.63, 3.8) is 0 Å². The standard InChI is InChI=1S/C22H31NO3Si/c1-22(2,3)27(4,5)26-20(19-14-10-7-11-15-19)16-23-21(24)25-17-18-12-8-6-9-13-18/h6-15,20H,16-17H2,1-5H3,(H,23,24)/t20-/m0/s1. The fourth-order valence-corrected chi connectivity index (χ4v) is 3.66. The first-order chi connectivity index (χ1) is 12.7. The number of carbonyl (C=O) groups excluding carboxylic acids is 1. The molecule has 0 spiro atoms. The maximum absolute atomic E-state index is 12.1. The Balaban J connectivity index is 1.99. The highest BCUT2D eigenvalue weighted by Gasteiger charge is 2.39. The molecule has 0 heterocycles. The van der Waals surface area contributed by atoms with Crippen LogP contribution in [0.1, 0.15) is 38.0 Å². The third-order valence-corrected chi connectivity index (χ3v) is 9.55. The number of alkyl carbamates (subject to hydrolysis) is 1. The van der Waals surface area contributed by atoms with Gasteiger partial charge in [0, 0.05) is 0 Å². The lowest BCUT2D eigenvalue weighted by Crippen LogP contribution is -2.44. The van der Waals surface area contributed by atoms with E-state index in [0.717, 1.165) is 11.1 Å². The van der Waals surface area contributed by atoms with Gasteiger partial charge < -0.3 is 14.5 Å². The molecule has 1 N–H and O–H groups in total. The van der Waals surface area contributed by atoms with E-state index in [4.69, 9.17) is 9.16 Å². The Labute approximate surface area is 164 Å². The van der Waals surface area contributed by atoms with Crippen molar-refractivity contribution >= 4 is 14.4 Å². The number of ether oxygens (including phenoxy) is 1. The van der Waals surface area contributed by atoms with Crippen molar-refractivity contribution in [2.75, 3.05) is 6.54 Å². The first-order valence-electron chi connectivity index (χ1n) is 9.36. The van der Waals surface area contributed by atoms with E-state index in [1.165, 1.54) is 0 Å². The molecule has 0 aliphatic carbocycles. The van der Waals surface area contributed by atoms with E-state index < -0.39 is 14.4 Å². The number of benzene rings is 2. The summed E-state index contributed by atoms with van der Waals surface area (Å²) in [5, 5.41) is 2.95. The Hall–Kier alpha value is -2.11. The van der Waals surface area contributed by atoms with Crippen LogP contribution >= 0.6 is 0 Å². The SMILES string of the molecule is CC(C)(C)[Si](C)(C)O[C@@H](CNC(=O)OCc1ccccc1)c1ccccc1. The average Bonchev–Trinajstić information content (AvgIpc) is 2.64. The molecule has 0 saturated heterocycles. The molecule has 0 saturated carbocycles. The van der Waals surface area contributed by atoms with E-state index in [9.17, 15) is 4.79 Å². The van der Waals surface area contributed by atoms with Crippen LogP contribution in [-0.4, -0.2) is 21.0 Å². The average molecular weight is 386 g/mol. The van der Waals surface area contributed by atoms with Gasteiger partial charge in [-0.15, -0.1) is 0 Å². The van der Waals surface area contributed by atoms with Crippen molar-refractivity contribution < 1.29 is 14.0 Å². The largest absolute Gasteiger partial charge is 0.445 e. The van der Waals surface area contributed by atoms with Crippen LogP contribution in [0.2, 0.25) is 18.1 Å². The number of rotatable bonds is 7. The Kier molecular flexibility index (Phi) is 7.22. The van der Waals surface area contributed by atoms with Crippen LogP contribution in [0, 0.1) is 0 Å². The van der Waals surface area contributed by atoms with Gasteiger partial charge in [-0.3, -0.25) is 0 Å². The van der Waals surface area contributed by atoms with Crippen LogP contribution in [0.15, 0.2) is 60.7 Å². The molecule has 0 bridgehead atoms. The van der Waals surface area contributed by atoms with E-state index in [2.05, 4.69) is 39.2 Å². The maximum Gasteiger partial charge on any atom is 0.407 e. The van der Waals surface area contributed by atoms with Crippen molar-refractivity contribution in [3.05, 3.63) is 71.8 Å². The molecular weight excluding hydrogens is 354 g/mol. The molecule has 0 radical (unpaired) electrons. The smallest absolute Gasteiger partial charge is 0.407 e. The second-order valence-corrected chi connectivity index (χ2v) is 13.0. The highest BCUT2D eigenvalue weighted by atomic mass is 28.4. The van der Waals surface area contributed by atoms with Gasteiger partial charge in [-0.2, -0.15) is 0 Å². The molecule has 0 aliphatic heterocycles. The fraction of sp³-hybridized carbons (Fsp3) is 0.409. The number of nitrogens with one attached hydrogen (secondary N) is 1. The number of amides is 1. The molecule has 2 rings (SSSR count). The molecule has 1 amide bonds. The molecule has 146 valence electrons. The van der Waals surface area contributed by atoms with Crippen molar-refractivity contribution in [3.8, 4) is 0 Å². The monoisotopic (exact) mass is 385 g/mol. The predicted molar refractivity (Wildman–Crippen MR) is 112 cm³/mol. The summed E-state index contributed by atoms with van der Waals surface area (Å²) in [6.07, 6.45) is -0.630. The molecule has 27 heavy (non-hydrogen) atoms. The fourth-order valence-electron chi connectivity index (χ4n) is 2.38. The summed E-state index contributed by atoms with van der Waals surface area (Å²) in [6, 6.07) is 19.7. The third kappa shape index (κ3) is 6.52. The van der Waals surface area contributed by atoms with E-state index in [0.29, 0.717) is 6.54 Å². The topological polar surface area (TPSA) is 47.6 Å². The lowest BCUT2D eigenvalue weighted by Gasteiger charge is -2.39. The van der Waals surface area contributed by atoms with Gasteiger partial charge >= 0.3 is 6.09 Å². The van der Waals surface area contributed by atoms with Gasteiger partial charge in [-0.1, -0.05) is 81.4 Å². The van der Waals surface area contributed by atoms with Crippen LogP contribution < -0.4 is 5.32 Å². The van der Waals surface area contributed by atoms with Gasteiger partial charge in [0.05, 0.1) is 12.6 Å². The van der Waals surface area contributed by atoms with E-state index in [1.54, 1.807) is 0 Å². The number of hydrogen-bond acceptors (Lipinski definition) is 3. The van der Waals surface area contributed by atoms with E-state index in [1.807, 2.05) is 60.7 Å². The second-order valence-electron chi connectivity index (χ2n) is 8.22. The summed E-state index contributed by atoms with van der Waals surface area (Å²) in [4.78, 5) is 12.1. The van der Waals surface area contributed by atoms with Gasteiger partial charge in [0.15, 0.2) is 8.32 Å². The quantitative estimate of drug-likeness (QED) is 0.624. The molecule has 2 aromatic carbocycles. The highest BCUT2D eigenvalue weighted by molar-refractivity contribution is 6.74. The van der Waals surface area contributed by atoms with Gasteiger partial charge in [-0.05, 0) is 29.3 Å². The number of carbonyl (C=O) groups is 1. The first kappa shape index (κ1) is 21.2. The molecule has 4 nitrogen and oxygen atoms in total. The zero-order valence-electron chi connectivity index (χ0n) is 17.0. The minimum atomic E-state index is -1.99. The highest BCUT2D eigenvalue weighted by Crippen LogP contribution is 2.39. The number of hydrogen-bond donors (Lipinski definition) is 1. The molecular formula is C22H31NO3Si. The molecule has 0 unspecified atom stereocenters. The summed E-state index contributed by atoms with van der Waals surface area (Å²) >= 11 is 0. The first-order valence-corrected chi connectivity index (χ1v) is 12.3. The lowest BCUT2D eigenvalue weighted by molar-refractivity contribution is 0.128. The van der Waals surface area contributed by atoms with Crippen molar-refractivity contribution in [2.45, 2.75) is 51.6 Å². The summed E-state index contributed by atoms with van der Waals surface area (Å²) in [7, 11) is -1.99. The Morgan fingerprint density at radius 3 is 2.11 bits per heavy atom. The summed E-state index contributed by atoms with van der Waals surface area (Å²) in [5.74, 6) is 0. The van der Waals surface area contributed by atoms with Crippen molar-refractivity contribution in [1.82, 2.24) is 5.32 Å². The molecule has 0 fully saturated rings. The maximum atomic E-state index is 12.1. The zero-order valence-corrected chi connectivity index (χ0v) is 18.0. The Morgan fingerprint density at radius 2 is 1.56 bits per heavy atom. The summed E-state index contributed by atoms with van der Waals surface area (Å²) in [5.41, 5.74) is 2.02. The van der Waals surface area contributed by atoms with Gasteiger partial charge in [0.25, 0.3) is 0 Å². The Bertz CT molecular complexity index is 711. The molecule has 2 aromatic rings. The minimum Gasteiger partial charge on any atom is -0.445 e. The summed E-state index contributed by atoms with van der Waals surface area (Å²) in [6.45, 7) is 11.7. The molecule has 1 atom stereocenters.